The fourth-order valence-corrected chi connectivity index (χ4v) is 8.98. The number of nitriles is 1. The van der Waals surface area contributed by atoms with Gasteiger partial charge in [-0.2, -0.15) is 5.26 Å². The highest BCUT2D eigenvalue weighted by Crippen LogP contribution is 2.55. The van der Waals surface area contributed by atoms with Gasteiger partial charge >= 0.3 is 0 Å². The SMILES string of the molecule is C=Cc1c(/C=C\C)[nH]c2ccc(N3c4ccc(N(c5cccc(C#N)c5)c5cccc6ccccc56)cc4-c4cccc5c4c3cc3oc4ccccc4c35)cc12. The van der Waals surface area contributed by atoms with Crippen molar-refractivity contribution in [2.24, 2.45) is 0 Å². The van der Waals surface area contributed by atoms with Gasteiger partial charge in [-0.15, -0.1) is 0 Å². The highest BCUT2D eigenvalue weighted by molar-refractivity contribution is 6.27. The number of furan rings is 1. The molecular weight excluding hydrogens is 697 g/mol. The summed E-state index contributed by atoms with van der Waals surface area (Å²) in [4.78, 5) is 8.26. The second-order valence-corrected chi connectivity index (χ2v) is 14.5. The molecule has 0 saturated heterocycles. The van der Waals surface area contributed by atoms with E-state index in [2.05, 4.69) is 155 Å². The minimum absolute atomic E-state index is 0.605. The largest absolute Gasteiger partial charge is 0.456 e. The molecule has 2 aromatic heterocycles. The maximum absolute atomic E-state index is 9.99. The van der Waals surface area contributed by atoms with Gasteiger partial charge in [-0.25, -0.2) is 0 Å². The van der Waals surface area contributed by atoms with Crippen LogP contribution in [0.2, 0.25) is 0 Å². The predicted octanol–water partition coefficient (Wildman–Crippen LogP) is 14.8. The van der Waals surface area contributed by atoms with E-state index in [1.807, 2.05) is 49.4 Å². The highest BCUT2D eigenvalue weighted by atomic mass is 16.3. The lowest BCUT2D eigenvalue weighted by molar-refractivity contribution is 0.669. The Hall–Kier alpha value is -7.81. The Kier molecular flexibility index (Phi) is 7.22. The first-order chi connectivity index (χ1) is 28.1. The number of aromatic amines is 1. The second-order valence-electron chi connectivity index (χ2n) is 14.5. The van der Waals surface area contributed by atoms with Crippen LogP contribution in [0.3, 0.4) is 0 Å². The average molecular weight is 731 g/mol. The summed E-state index contributed by atoms with van der Waals surface area (Å²) in [5.41, 5.74) is 13.8. The molecular formula is C52H34N4O. The number of nitrogens with one attached hydrogen (secondary N) is 1. The van der Waals surface area contributed by atoms with Crippen LogP contribution in [0.4, 0.5) is 34.1 Å². The standard InChI is InChI=1S/C52H34N4O/c1-3-12-44-37(4-2)42-28-36(23-25-45(42)54-44)56-47-26-24-35(55(34-16-9-13-32(27-34)31-53)46-21-10-15-33-14-5-6-17-38(33)46)29-43(47)39-19-11-20-41-51(39)48(56)30-50-52(41)40-18-7-8-22-49(40)57-50/h3-30,54H,2H2,1H3/b12-3-. The zero-order valence-electron chi connectivity index (χ0n) is 31.1. The van der Waals surface area contributed by atoms with E-state index in [9.17, 15) is 5.26 Å². The minimum Gasteiger partial charge on any atom is -0.456 e. The van der Waals surface area contributed by atoms with Crippen molar-refractivity contribution in [2.75, 3.05) is 9.80 Å². The number of rotatable bonds is 6. The molecule has 0 aliphatic carbocycles. The van der Waals surface area contributed by atoms with Crippen LogP contribution in [-0.4, -0.2) is 4.98 Å². The van der Waals surface area contributed by atoms with Gasteiger partial charge in [0.25, 0.3) is 0 Å². The quantitative estimate of drug-likeness (QED) is 0.185. The second kappa shape index (κ2) is 12.6. The van der Waals surface area contributed by atoms with E-state index in [1.165, 1.54) is 0 Å². The number of benzene rings is 8. The van der Waals surface area contributed by atoms with E-state index in [1.54, 1.807) is 0 Å². The number of fused-ring (bicyclic) bond motifs is 8. The fourth-order valence-electron chi connectivity index (χ4n) is 8.98. The first kappa shape index (κ1) is 32.6. The molecule has 0 amide bonds. The Morgan fingerprint density at radius 3 is 2.33 bits per heavy atom. The van der Waals surface area contributed by atoms with Gasteiger partial charge in [-0.1, -0.05) is 97.6 Å². The molecule has 8 aromatic carbocycles. The first-order valence-electron chi connectivity index (χ1n) is 19.1. The molecule has 1 N–H and O–H groups in total. The van der Waals surface area contributed by atoms with Crippen molar-refractivity contribution in [3.8, 4) is 17.2 Å². The summed E-state index contributed by atoms with van der Waals surface area (Å²) in [5.74, 6) is 0. The molecule has 0 radical (unpaired) electrons. The summed E-state index contributed by atoms with van der Waals surface area (Å²) in [5, 5.41) is 17.9. The Balaban J connectivity index is 1.22. The number of H-pyrrole nitrogens is 1. The Labute approximate surface area is 329 Å². The summed E-state index contributed by atoms with van der Waals surface area (Å²) in [6.45, 7) is 6.22. The van der Waals surface area contributed by atoms with E-state index >= 15 is 0 Å². The molecule has 0 fully saturated rings. The topological polar surface area (TPSA) is 59.2 Å². The van der Waals surface area contributed by atoms with Crippen LogP contribution in [0.5, 0.6) is 0 Å². The molecule has 1 aliphatic heterocycles. The Morgan fingerprint density at radius 2 is 1.46 bits per heavy atom. The van der Waals surface area contributed by atoms with Gasteiger partial charge in [0, 0.05) is 72.4 Å². The number of nitrogens with zero attached hydrogens (tertiary/aromatic N) is 3. The van der Waals surface area contributed by atoms with E-state index in [0.29, 0.717) is 5.56 Å². The molecule has 3 heterocycles. The summed E-state index contributed by atoms with van der Waals surface area (Å²) >= 11 is 0. The van der Waals surface area contributed by atoms with Crippen molar-refractivity contribution in [1.82, 2.24) is 4.98 Å². The van der Waals surface area contributed by atoms with Crippen LogP contribution < -0.4 is 9.80 Å². The third kappa shape index (κ3) is 4.88. The number of aromatic nitrogens is 1. The van der Waals surface area contributed by atoms with E-state index in [0.717, 1.165) is 111 Å². The molecule has 0 spiro atoms. The molecule has 268 valence electrons. The number of hydrogen-bond acceptors (Lipinski definition) is 4. The lowest BCUT2D eigenvalue weighted by Crippen LogP contribution is -2.16. The van der Waals surface area contributed by atoms with Crippen LogP contribution in [-0.2, 0) is 0 Å². The maximum Gasteiger partial charge on any atom is 0.138 e. The molecule has 57 heavy (non-hydrogen) atoms. The van der Waals surface area contributed by atoms with Gasteiger partial charge in [0.1, 0.15) is 11.2 Å². The van der Waals surface area contributed by atoms with Crippen LogP contribution in [0.25, 0.3) is 77.7 Å². The smallest absolute Gasteiger partial charge is 0.138 e. The summed E-state index contributed by atoms with van der Waals surface area (Å²) in [6, 6.07) is 55.6. The molecule has 0 atom stereocenters. The normalized spacial score (nSPS) is 12.2. The van der Waals surface area contributed by atoms with E-state index in [4.69, 9.17) is 4.42 Å². The fraction of sp³-hybridized carbons (Fsp3) is 0.0192. The third-order valence-corrected chi connectivity index (χ3v) is 11.4. The van der Waals surface area contributed by atoms with Crippen molar-refractivity contribution >= 4 is 101 Å². The van der Waals surface area contributed by atoms with Gasteiger partial charge in [-0.05, 0) is 96.1 Å². The van der Waals surface area contributed by atoms with Crippen molar-refractivity contribution in [2.45, 2.75) is 6.92 Å². The van der Waals surface area contributed by atoms with Crippen molar-refractivity contribution in [3.63, 3.8) is 0 Å². The monoisotopic (exact) mass is 730 g/mol. The van der Waals surface area contributed by atoms with Gasteiger partial charge in [-0.3, -0.25) is 0 Å². The van der Waals surface area contributed by atoms with Crippen LogP contribution in [0.1, 0.15) is 23.7 Å². The van der Waals surface area contributed by atoms with Crippen LogP contribution >= 0.6 is 0 Å². The van der Waals surface area contributed by atoms with E-state index in [-0.39, 0.29) is 0 Å². The van der Waals surface area contributed by atoms with Gasteiger partial charge in [0.2, 0.25) is 0 Å². The zero-order chi connectivity index (χ0) is 38.2. The Morgan fingerprint density at radius 1 is 0.667 bits per heavy atom. The predicted molar refractivity (Wildman–Crippen MR) is 238 cm³/mol. The van der Waals surface area contributed by atoms with Crippen molar-refractivity contribution in [3.05, 3.63) is 181 Å². The summed E-state index contributed by atoms with van der Waals surface area (Å²) < 4.78 is 6.60. The maximum atomic E-state index is 9.99. The van der Waals surface area contributed by atoms with Crippen LogP contribution in [0, 0.1) is 11.3 Å². The number of para-hydroxylation sites is 1. The summed E-state index contributed by atoms with van der Waals surface area (Å²) in [7, 11) is 0. The van der Waals surface area contributed by atoms with Gasteiger partial charge in [0.05, 0.1) is 28.7 Å². The zero-order valence-corrected chi connectivity index (χ0v) is 31.1. The average Bonchev–Trinajstić information content (AvgIpc) is 3.81. The molecule has 1 aliphatic rings. The minimum atomic E-state index is 0.605. The lowest BCUT2D eigenvalue weighted by atomic mass is 9.88. The van der Waals surface area contributed by atoms with E-state index < -0.39 is 0 Å². The molecule has 10 aromatic rings. The number of allylic oxidation sites excluding steroid dienone is 1. The van der Waals surface area contributed by atoms with Crippen molar-refractivity contribution < 1.29 is 4.42 Å². The first-order valence-corrected chi connectivity index (χ1v) is 19.1. The van der Waals surface area contributed by atoms with Crippen LogP contribution in [0.15, 0.2) is 169 Å². The third-order valence-electron chi connectivity index (χ3n) is 11.4. The molecule has 5 nitrogen and oxygen atoms in total. The van der Waals surface area contributed by atoms with Gasteiger partial charge < -0.3 is 19.2 Å². The molecule has 0 unspecified atom stereocenters. The highest BCUT2D eigenvalue weighted by Gasteiger charge is 2.30. The van der Waals surface area contributed by atoms with Gasteiger partial charge in [0.15, 0.2) is 0 Å². The lowest BCUT2D eigenvalue weighted by Gasteiger charge is -2.35. The number of anilines is 6. The molecule has 0 bridgehead atoms. The number of hydrogen-bond donors (Lipinski definition) is 1. The molecule has 5 heteroatoms. The Bertz CT molecular complexity index is 3370. The molecule has 0 saturated carbocycles. The summed E-state index contributed by atoms with van der Waals surface area (Å²) in [6.07, 6.45) is 6.08. The molecule has 11 rings (SSSR count). The van der Waals surface area contributed by atoms with Crippen molar-refractivity contribution in [1.29, 1.82) is 5.26 Å².